The number of nitrogens with zero attached hydrogens (tertiary/aromatic N) is 1. The fourth-order valence-corrected chi connectivity index (χ4v) is 9.02. The zero-order chi connectivity index (χ0) is 40.0. The maximum atomic E-state index is 16.1. The van der Waals surface area contributed by atoms with Gasteiger partial charge in [-0.3, -0.25) is 4.79 Å². The van der Waals surface area contributed by atoms with Crippen molar-refractivity contribution in [2.45, 2.75) is 46.1 Å². The first-order valence-corrected chi connectivity index (χ1v) is 20.4. The summed E-state index contributed by atoms with van der Waals surface area (Å²) in [7, 11) is 0. The quantitative estimate of drug-likeness (QED) is 0.149. The molecule has 0 unspecified atom stereocenters. The molecule has 1 heterocycles. The van der Waals surface area contributed by atoms with Crippen molar-refractivity contribution >= 4 is 21.5 Å². The molecule has 0 saturated carbocycles. The maximum absolute atomic E-state index is 16.1. The van der Waals surface area contributed by atoms with E-state index in [-0.39, 0.29) is 17.0 Å². The molecule has 0 aliphatic rings. The predicted octanol–water partition coefficient (Wildman–Crippen LogP) is 15.0. The van der Waals surface area contributed by atoms with E-state index in [1.54, 1.807) is 0 Å². The van der Waals surface area contributed by atoms with Crippen LogP contribution in [0.4, 0.5) is 0 Å². The second-order valence-corrected chi connectivity index (χ2v) is 16.5. The molecule has 0 fully saturated rings. The van der Waals surface area contributed by atoms with Crippen molar-refractivity contribution in [2.24, 2.45) is 0 Å². The van der Waals surface area contributed by atoms with E-state index in [2.05, 4.69) is 221 Å². The van der Waals surface area contributed by atoms with Crippen LogP contribution in [0.25, 0.3) is 88.4 Å². The minimum Gasteiger partial charge on any atom is -0.305 e. The molecular weight excluding hydrogens is 703 g/mol. The molecule has 0 amide bonds. The summed E-state index contributed by atoms with van der Waals surface area (Å²) >= 11 is 0. The second-order valence-electron chi connectivity index (χ2n) is 16.5. The van der Waals surface area contributed by atoms with Crippen molar-refractivity contribution in [3.05, 3.63) is 204 Å². The van der Waals surface area contributed by atoms with Gasteiger partial charge in [0.2, 0.25) is 0 Å². The van der Waals surface area contributed by atoms with Gasteiger partial charge in [0.05, 0.1) is 11.1 Å². The monoisotopic (exact) mass is 749 g/mol. The Morgan fingerprint density at radius 2 is 0.724 bits per heavy atom. The molecule has 2 nitrogen and oxygen atoms in total. The van der Waals surface area contributed by atoms with Crippen molar-refractivity contribution in [1.29, 1.82) is 0 Å². The molecule has 0 radical (unpaired) electrons. The molecule has 9 aromatic rings. The summed E-state index contributed by atoms with van der Waals surface area (Å²) < 4.78 is 2.06. The van der Waals surface area contributed by atoms with E-state index >= 15 is 4.79 Å². The van der Waals surface area contributed by atoms with Crippen molar-refractivity contribution in [3.63, 3.8) is 0 Å². The van der Waals surface area contributed by atoms with Crippen molar-refractivity contribution in [3.8, 4) is 66.9 Å². The van der Waals surface area contributed by atoms with Gasteiger partial charge < -0.3 is 4.57 Å². The highest BCUT2D eigenvalue weighted by atomic mass is 16.1. The lowest BCUT2D eigenvalue weighted by Gasteiger charge is -2.31. The van der Waals surface area contributed by atoms with Gasteiger partial charge in [0, 0.05) is 17.0 Å². The third-order valence-corrected chi connectivity index (χ3v) is 11.4. The lowest BCUT2D eigenvalue weighted by molar-refractivity contribution is 0.589. The van der Waals surface area contributed by atoms with Gasteiger partial charge in [-0.25, -0.2) is 0 Å². The molecule has 8 aromatic carbocycles. The van der Waals surface area contributed by atoms with Crippen LogP contribution >= 0.6 is 0 Å². The summed E-state index contributed by atoms with van der Waals surface area (Å²) in [6.45, 7) is 11.2. The van der Waals surface area contributed by atoms with Gasteiger partial charge in [0.25, 0.3) is 5.56 Å². The minimum absolute atomic E-state index is 0.0108. The standard InChI is InChI=1S/C56H47NO/c1-37(2)57-54(43-34-22-11-23-35-43)46(38-24-12-6-13-25-38)44-36-45(56(3,4)5)52-49(41-30-18-9-19-31-41)47(39-26-14-7-15-27-39)48(40-28-16-8-17-29-40)50(42-32-20-10-21-33-42)53(52)51(44)55(57)58/h6-37H,1-5H3. The lowest BCUT2D eigenvalue weighted by Crippen LogP contribution is -2.26. The molecule has 0 aliphatic heterocycles. The van der Waals surface area contributed by atoms with Gasteiger partial charge in [0.15, 0.2) is 0 Å². The fraction of sp³-hybridized carbons (Fsp3) is 0.125. The van der Waals surface area contributed by atoms with E-state index < -0.39 is 0 Å². The van der Waals surface area contributed by atoms with Crippen molar-refractivity contribution < 1.29 is 0 Å². The fourth-order valence-electron chi connectivity index (χ4n) is 9.02. The molecule has 9 rings (SSSR count). The summed E-state index contributed by atoms with van der Waals surface area (Å²) in [6.07, 6.45) is 0. The van der Waals surface area contributed by atoms with Gasteiger partial charge in [-0.05, 0) is 97.3 Å². The van der Waals surface area contributed by atoms with Crippen LogP contribution in [-0.4, -0.2) is 4.57 Å². The van der Waals surface area contributed by atoms with Crippen LogP contribution in [-0.2, 0) is 5.41 Å². The summed E-state index contributed by atoms with van der Waals surface area (Å²) in [5.74, 6) is 0. The summed E-state index contributed by atoms with van der Waals surface area (Å²) in [5.41, 5.74) is 13.9. The van der Waals surface area contributed by atoms with E-state index in [0.717, 1.165) is 88.4 Å². The lowest BCUT2D eigenvalue weighted by atomic mass is 9.72. The highest BCUT2D eigenvalue weighted by Crippen LogP contribution is 2.55. The molecule has 0 bridgehead atoms. The zero-order valence-corrected chi connectivity index (χ0v) is 33.8. The number of hydrogen-bond donors (Lipinski definition) is 0. The molecule has 1 aromatic heterocycles. The van der Waals surface area contributed by atoms with Gasteiger partial charge in [-0.1, -0.05) is 203 Å². The number of hydrogen-bond acceptors (Lipinski definition) is 1. The number of aromatic nitrogens is 1. The topological polar surface area (TPSA) is 22.0 Å². The number of benzene rings is 8. The maximum Gasteiger partial charge on any atom is 0.259 e. The third kappa shape index (κ3) is 6.26. The first-order valence-electron chi connectivity index (χ1n) is 20.4. The van der Waals surface area contributed by atoms with Crippen LogP contribution in [0.2, 0.25) is 0 Å². The van der Waals surface area contributed by atoms with Crippen LogP contribution in [0.5, 0.6) is 0 Å². The molecule has 0 spiro atoms. The minimum atomic E-state index is -0.320. The first kappa shape index (κ1) is 36.8. The summed E-state index contributed by atoms with van der Waals surface area (Å²) in [4.78, 5) is 16.1. The van der Waals surface area contributed by atoms with Crippen LogP contribution in [0.3, 0.4) is 0 Å². The van der Waals surface area contributed by atoms with E-state index in [0.29, 0.717) is 0 Å². The van der Waals surface area contributed by atoms with E-state index in [9.17, 15) is 0 Å². The van der Waals surface area contributed by atoms with Crippen molar-refractivity contribution in [2.75, 3.05) is 0 Å². The average Bonchev–Trinajstić information content (AvgIpc) is 3.26. The summed E-state index contributed by atoms with van der Waals surface area (Å²) in [5, 5.41) is 3.81. The van der Waals surface area contributed by atoms with Gasteiger partial charge >= 0.3 is 0 Å². The largest absolute Gasteiger partial charge is 0.305 e. The second kappa shape index (κ2) is 15.0. The number of fused-ring (bicyclic) bond motifs is 3. The summed E-state index contributed by atoms with van der Waals surface area (Å²) in [6, 6.07) is 66.5. The first-order chi connectivity index (χ1) is 28.2. The Kier molecular flexibility index (Phi) is 9.50. The highest BCUT2D eigenvalue weighted by Gasteiger charge is 2.33. The van der Waals surface area contributed by atoms with Crippen LogP contribution < -0.4 is 5.56 Å². The molecule has 58 heavy (non-hydrogen) atoms. The zero-order valence-electron chi connectivity index (χ0n) is 33.8. The van der Waals surface area contributed by atoms with Gasteiger partial charge in [-0.15, -0.1) is 0 Å². The molecule has 282 valence electrons. The Balaban J connectivity index is 1.71. The van der Waals surface area contributed by atoms with Gasteiger partial charge in [0.1, 0.15) is 0 Å². The average molecular weight is 750 g/mol. The normalized spacial score (nSPS) is 11.8. The Morgan fingerprint density at radius 3 is 1.09 bits per heavy atom. The van der Waals surface area contributed by atoms with Crippen LogP contribution in [0.15, 0.2) is 193 Å². The molecule has 2 heteroatoms. The highest BCUT2D eigenvalue weighted by molar-refractivity contribution is 6.28. The molecule has 0 N–H and O–H groups in total. The molecule has 0 aliphatic carbocycles. The molecule has 0 atom stereocenters. The van der Waals surface area contributed by atoms with Crippen LogP contribution in [0.1, 0.15) is 46.2 Å². The van der Waals surface area contributed by atoms with Crippen molar-refractivity contribution in [1.82, 2.24) is 4.57 Å². The third-order valence-electron chi connectivity index (χ3n) is 11.4. The Bertz CT molecular complexity index is 2960. The van der Waals surface area contributed by atoms with E-state index in [1.807, 2.05) is 6.07 Å². The van der Waals surface area contributed by atoms with Gasteiger partial charge in [-0.2, -0.15) is 0 Å². The van der Waals surface area contributed by atoms with E-state index in [4.69, 9.17) is 0 Å². The predicted molar refractivity (Wildman–Crippen MR) is 247 cm³/mol. The van der Waals surface area contributed by atoms with Crippen LogP contribution in [0, 0.1) is 0 Å². The Morgan fingerprint density at radius 1 is 0.397 bits per heavy atom. The Hall–Kier alpha value is -6.77. The molecule has 0 saturated heterocycles. The smallest absolute Gasteiger partial charge is 0.259 e. The SMILES string of the molecule is CC(C)n1c(-c2ccccc2)c(-c2ccccc2)c2cc(C(C)(C)C)c3c(-c4ccccc4)c(-c4ccccc4)c(-c4ccccc4)c(-c4ccccc4)c3c2c1=O. The van der Waals surface area contributed by atoms with E-state index in [1.165, 1.54) is 5.56 Å². The number of rotatable bonds is 7. The molecular formula is C56H47NO. The Labute approximate surface area is 341 Å². The number of pyridine rings is 1.